The molecule has 0 amide bonds. The largest absolute Gasteiger partial charge is 0.355 e. The summed E-state index contributed by atoms with van der Waals surface area (Å²) in [7, 11) is 0. The first kappa shape index (κ1) is 15.8. The van der Waals surface area contributed by atoms with Crippen LogP contribution in [-0.4, -0.2) is 19.9 Å². The number of hydrogen-bond donors (Lipinski definition) is 2. The van der Waals surface area contributed by atoms with Gasteiger partial charge in [-0.2, -0.15) is 0 Å². The Morgan fingerprint density at radius 3 is 1.28 bits per heavy atom. The van der Waals surface area contributed by atoms with Crippen molar-refractivity contribution >= 4 is 46.4 Å². The molecule has 8 bridgehead atoms. The smallest absolute Gasteiger partial charge is 0.0659 e. The fraction of sp³-hybridized carbons (Fsp3) is 0. The summed E-state index contributed by atoms with van der Waals surface area (Å²) in [5.74, 6) is 0. The minimum atomic E-state index is 0. The van der Waals surface area contributed by atoms with E-state index in [2.05, 4.69) is 50.3 Å². The van der Waals surface area contributed by atoms with Gasteiger partial charge in [-0.25, -0.2) is 9.97 Å². The second-order valence-electron chi connectivity index (χ2n) is 5.91. The third-order valence-electron chi connectivity index (χ3n) is 4.04. The zero-order valence-corrected chi connectivity index (χ0v) is 15.4. The van der Waals surface area contributed by atoms with Gasteiger partial charge in [0.15, 0.2) is 0 Å². The Kier molecular flexibility index (Phi) is 3.98. The SMILES string of the molecule is C1=Cc2cc3ccc(cc4ccc(cc5nc(cc1n2)C=C5)[nH]4)[nH]3.[Pt]. The summed E-state index contributed by atoms with van der Waals surface area (Å²) < 4.78 is 0. The number of H-pyrrole nitrogens is 2. The van der Waals surface area contributed by atoms with Gasteiger partial charge in [-0.3, -0.25) is 0 Å². The Hall–Kier alpha value is -2.71. The Balaban J connectivity index is 0.00000157. The molecule has 25 heavy (non-hydrogen) atoms. The summed E-state index contributed by atoms with van der Waals surface area (Å²) in [6.45, 7) is 0. The molecule has 3 aromatic heterocycles. The van der Waals surface area contributed by atoms with E-state index < -0.39 is 0 Å². The zero-order chi connectivity index (χ0) is 15.9. The van der Waals surface area contributed by atoms with E-state index in [0.717, 1.165) is 44.8 Å². The number of rotatable bonds is 0. The van der Waals surface area contributed by atoms with Gasteiger partial charge < -0.3 is 9.97 Å². The first-order valence-corrected chi connectivity index (χ1v) is 7.85. The Morgan fingerprint density at radius 1 is 0.480 bits per heavy atom. The molecule has 0 unspecified atom stereocenters. The molecule has 0 aromatic carbocycles. The predicted octanol–water partition coefficient (Wildman–Crippen LogP) is 4.65. The number of aromatic amines is 2. The first-order chi connectivity index (χ1) is 11.8. The standard InChI is InChI=1S/C20H14N4.Pt/c1-2-14-10-16-5-6-18(23-16)12-20-8-7-19(24-20)11-17-4-3-15(22-17)9-13(1)21-14;/h1-12,21-22H;. The quantitative estimate of drug-likeness (QED) is 0.322. The number of fused-ring (bicyclic) bond motifs is 8. The van der Waals surface area contributed by atoms with Crippen LogP contribution in [-0.2, 0) is 21.1 Å². The van der Waals surface area contributed by atoms with Crippen LogP contribution in [0.1, 0.15) is 22.8 Å². The number of nitrogens with zero attached hydrogens (tertiary/aromatic N) is 2. The summed E-state index contributed by atoms with van der Waals surface area (Å²) in [4.78, 5) is 16.0. The van der Waals surface area contributed by atoms with Crippen molar-refractivity contribution in [1.29, 1.82) is 0 Å². The Morgan fingerprint density at radius 2 is 0.840 bits per heavy atom. The summed E-state index contributed by atoms with van der Waals surface area (Å²) >= 11 is 0. The van der Waals surface area contributed by atoms with Crippen LogP contribution < -0.4 is 0 Å². The van der Waals surface area contributed by atoms with Crippen molar-refractivity contribution in [2.75, 3.05) is 0 Å². The number of hydrogen-bond acceptors (Lipinski definition) is 2. The molecule has 0 radical (unpaired) electrons. The molecular formula is C20H14N4Pt. The van der Waals surface area contributed by atoms with Crippen molar-refractivity contribution in [3.8, 4) is 0 Å². The molecule has 5 rings (SSSR count). The van der Waals surface area contributed by atoms with Gasteiger partial charge in [0.2, 0.25) is 0 Å². The van der Waals surface area contributed by atoms with Gasteiger partial charge >= 0.3 is 0 Å². The van der Waals surface area contributed by atoms with Gasteiger partial charge in [-0.05, 0) is 72.8 Å². The molecular weight excluding hydrogens is 491 g/mol. The molecule has 4 nitrogen and oxygen atoms in total. The molecule has 5 heteroatoms. The summed E-state index contributed by atoms with van der Waals surface area (Å²) in [5, 5.41) is 0. The van der Waals surface area contributed by atoms with Crippen LogP contribution in [0.15, 0.2) is 48.5 Å². The minimum absolute atomic E-state index is 0. The topological polar surface area (TPSA) is 57.4 Å². The third-order valence-corrected chi connectivity index (χ3v) is 4.04. The van der Waals surface area contributed by atoms with Gasteiger partial charge in [0, 0.05) is 43.1 Å². The molecule has 5 heterocycles. The van der Waals surface area contributed by atoms with E-state index in [1.165, 1.54) is 0 Å². The fourth-order valence-electron chi connectivity index (χ4n) is 2.94. The van der Waals surface area contributed by atoms with Gasteiger partial charge in [-0.15, -0.1) is 0 Å². The van der Waals surface area contributed by atoms with Crippen LogP contribution in [0, 0.1) is 0 Å². The predicted molar refractivity (Wildman–Crippen MR) is 98.9 cm³/mol. The summed E-state index contributed by atoms with van der Waals surface area (Å²) in [6, 6.07) is 16.4. The molecule has 2 aliphatic heterocycles. The van der Waals surface area contributed by atoms with Crippen LogP contribution in [0.4, 0.5) is 0 Å². The van der Waals surface area contributed by atoms with E-state index >= 15 is 0 Å². The van der Waals surface area contributed by atoms with Gasteiger partial charge in [0.25, 0.3) is 0 Å². The molecule has 124 valence electrons. The average Bonchev–Trinajstić information content (AvgIpc) is 3.32. The molecule has 0 saturated carbocycles. The van der Waals surface area contributed by atoms with Gasteiger partial charge in [-0.1, -0.05) is 0 Å². The van der Waals surface area contributed by atoms with E-state index in [1.807, 2.05) is 42.5 Å². The number of aromatic nitrogens is 4. The molecule has 0 aliphatic carbocycles. The second-order valence-corrected chi connectivity index (χ2v) is 5.91. The Bertz CT molecular complexity index is 1080. The van der Waals surface area contributed by atoms with Crippen molar-refractivity contribution in [3.63, 3.8) is 0 Å². The maximum Gasteiger partial charge on any atom is 0.0659 e. The molecule has 0 atom stereocenters. The van der Waals surface area contributed by atoms with Crippen LogP contribution in [0.5, 0.6) is 0 Å². The fourth-order valence-corrected chi connectivity index (χ4v) is 2.94. The van der Waals surface area contributed by atoms with Crippen LogP contribution in [0.2, 0.25) is 0 Å². The molecule has 0 spiro atoms. The van der Waals surface area contributed by atoms with Gasteiger partial charge in [0.05, 0.1) is 22.8 Å². The molecule has 0 saturated heterocycles. The van der Waals surface area contributed by atoms with Crippen molar-refractivity contribution < 1.29 is 21.1 Å². The zero-order valence-electron chi connectivity index (χ0n) is 13.1. The van der Waals surface area contributed by atoms with Crippen molar-refractivity contribution in [3.05, 3.63) is 71.3 Å². The second kappa shape index (κ2) is 6.30. The van der Waals surface area contributed by atoms with E-state index in [9.17, 15) is 0 Å². The molecule has 3 aromatic rings. The van der Waals surface area contributed by atoms with Crippen molar-refractivity contribution in [1.82, 2.24) is 19.9 Å². The summed E-state index contributed by atoms with van der Waals surface area (Å²) in [5.41, 5.74) is 7.86. The third kappa shape index (κ3) is 3.26. The molecule has 0 fully saturated rings. The van der Waals surface area contributed by atoms with Crippen molar-refractivity contribution in [2.45, 2.75) is 0 Å². The van der Waals surface area contributed by atoms with E-state index in [1.54, 1.807) is 0 Å². The van der Waals surface area contributed by atoms with Crippen LogP contribution in [0.25, 0.3) is 46.4 Å². The molecule has 2 aliphatic rings. The monoisotopic (exact) mass is 505 g/mol. The van der Waals surface area contributed by atoms with Gasteiger partial charge in [0.1, 0.15) is 0 Å². The first-order valence-electron chi connectivity index (χ1n) is 7.85. The van der Waals surface area contributed by atoms with Crippen LogP contribution in [0.3, 0.4) is 0 Å². The maximum atomic E-state index is 4.62. The average molecular weight is 505 g/mol. The molecule has 2 N–H and O–H groups in total. The maximum absolute atomic E-state index is 4.62. The van der Waals surface area contributed by atoms with Crippen LogP contribution >= 0.6 is 0 Å². The summed E-state index contributed by atoms with van der Waals surface area (Å²) in [6.07, 6.45) is 8.05. The van der Waals surface area contributed by atoms with E-state index in [4.69, 9.17) is 0 Å². The Labute approximate surface area is 158 Å². The minimum Gasteiger partial charge on any atom is -0.355 e. The van der Waals surface area contributed by atoms with E-state index in [-0.39, 0.29) is 21.1 Å². The van der Waals surface area contributed by atoms with Crippen molar-refractivity contribution in [2.24, 2.45) is 0 Å². The number of nitrogens with one attached hydrogen (secondary N) is 2. The van der Waals surface area contributed by atoms with E-state index in [0.29, 0.717) is 0 Å². The normalized spacial score (nSPS) is 12.2.